The van der Waals surface area contributed by atoms with E-state index in [-0.39, 0.29) is 17.3 Å². The molecule has 0 fully saturated rings. The number of hydrogen-bond donors (Lipinski definition) is 2. The molecule has 1 aromatic carbocycles. The van der Waals surface area contributed by atoms with E-state index in [1.807, 2.05) is 0 Å². The van der Waals surface area contributed by atoms with Gasteiger partial charge in [0, 0.05) is 12.1 Å². The molecule has 14 nitrogen and oxygen atoms in total. The zero-order chi connectivity index (χ0) is 26.1. The predicted molar refractivity (Wildman–Crippen MR) is 131 cm³/mol. The van der Waals surface area contributed by atoms with Crippen molar-refractivity contribution in [2.75, 3.05) is 40.2 Å². The highest BCUT2D eigenvalue weighted by atomic mass is 16.6. The first-order valence-electron chi connectivity index (χ1n) is 11.4. The van der Waals surface area contributed by atoms with Crippen LogP contribution >= 0.6 is 0 Å². The minimum Gasteiger partial charge on any atom is -0.493 e. The Labute approximate surface area is 208 Å². The number of nitrogens with zero attached hydrogens (tertiary/aromatic N) is 7. The second kappa shape index (κ2) is 12.5. The Morgan fingerprint density at radius 1 is 1.14 bits per heavy atom. The molecule has 0 radical (unpaired) electrons. The number of amides is 1. The average molecular weight is 502 g/mol. The second-order valence-corrected chi connectivity index (χ2v) is 7.67. The van der Waals surface area contributed by atoms with Crippen LogP contribution in [0.3, 0.4) is 0 Å². The van der Waals surface area contributed by atoms with Crippen molar-refractivity contribution in [1.82, 2.24) is 35.6 Å². The van der Waals surface area contributed by atoms with Crippen LogP contribution in [0.2, 0.25) is 0 Å². The minimum atomic E-state index is -0.560. The van der Waals surface area contributed by atoms with Crippen LogP contribution in [0.1, 0.15) is 48.4 Å². The van der Waals surface area contributed by atoms with Gasteiger partial charge in [-0.3, -0.25) is 9.69 Å². The van der Waals surface area contributed by atoms with Crippen LogP contribution in [0.5, 0.6) is 17.2 Å². The second-order valence-electron chi connectivity index (χ2n) is 7.67. The molecule has 2 heterocycles. The van der Waals surface area contributed by atoms with Gasteiger partial charge in [-0.2, -0.15) is 9.78 Å². The summed E-state index contributed by atoms with van der Waals surface area (Å²) in [6.07, 6.45) is 3.31. The lowest BCUT2D eigenvalue weighted by molar-refractivity contribution is 0.0947. The first-order chi connectivity index (χ1) is 17.5. The molecule has 36 heavy (non-hydrogen) atoms. The number of rotatable bonds is 13. The van der Waals surface area contributed by atoms with Crippen molar-refractivity contribution in [3.8, 4) is 23.1 Å². The van der Waals surface area contributed by atoms with E-state index in [2.05, 4.69) is 49.9 Å². The van der Waals surface area contributed by atoms with Gasteiger partial charge in [-0.15, -0.1) is 5.10 Å². The highest BCUT2D eigenvalue weighted by molar-refractivity contribution is 5.94. The average Bonchev–Trinajstić information content (AvgIpc) is 3.49. The first kappa shape index (κ1) is 26.4. The number of carbonyl (C=O) groups excluding carboxylic acids is 1. The molecule has 3 rings (SSSR count). The van der Waals surface area contributed by atoms with E-state index in [4.69, 9.17) is 24.6 Å². The molecule has 1 amide bonds. The molecule has 3 aromatic rings. The highest BCUT2D eigenvalue weighted by Gasteiger charge is 2.25. The Morgan fingerprint density at radius 3 is 2.44 bits per heavy atom. The zero-order valence-corrected chi connectivity index (χ0v) is 21.0. The van der Waals surface area contributed by atoms with Crippen LogP contribution in [-0.4, -0.2) is 76.7 Å². The van der Waals surface area contributed by atoms with E-state index in [0.29, 0.717) is 35.1 Å². The third-order valence-corrected chi connectivity index (χ3v) is 5.23. The minimum absolute atomic E-state index is 0.0317. The topological polar surface area (TPSA) is 168 Å². The molecule has 3 N–H and O–H groups in total. The van der Waals surface area contributed by atoms with Crippen molar-refractivity contribution in [3.63, 3.8) is 0 Å². The van der Waals surface area contributed by atoms with Crippen molar-refractivity contribution in [3.05, 3.63) is 29.1 Å². The van der Waals surface area contributed by atoms with Crippen molar-refractivity contribution in [2.24, 2.45) is 5.10 Å². The number of methoxy groups -OCH3 is 3. The van der Waals surface area contributed by atoms with E-state index in [1.54, 1.807) is 12.1 Å². The molecule has 0 aliphatic heterocycles. The van der Waals surface area contributed by atoms with E-state index >= 15 is 0 Å². The number of ether oxygens (including phenoxy) is 3. The number of nitrogen functional groups attached to an aromatic ring is 1. The summed E-state index contributed by atoms with van der Waals surface area (Å²) in [7, 11) is 4.53. The molecule has 0 unspecified atom stereocenters. The smallest absolute Gasteiger partial charge is 0.293 e. The maximum atomic E-state index is 13.1. The molecule has 14 heteroatoms. The highest BCUT2D eigenvalue weighted by Crippen LogP contribution is 2.38. The summed E-state index contributed by atoms with van der Waals surface area (Å²) in [5, 5.41) is 19.6. The summed E-state index contributed by atoms with van der Waals surface area (Å²) in [6.45, 7) is 6.20. The van der Waals surface area contributed by atoms with Crippen molar-refractivity contribution in [2.45, 2.75) is 33.2 Å². The molecule has 0 atom stereocenters. The van der Waals surface area contributed by atoms with E-state index in [0.717, 1.165) is 25.9 Å². The Kier molecular flexibility index (Phi) is 9.16. The quantitative estimate of drug-likeness (QED) is 0.258. The molecular formula is C22H31N9O5. The van der Waals surface area contributed by atoms with Gasteiger partial charge in [0.15, 0.2) is 17.2 Å². The standard InChI is InChI=1S/C22H31N9O5/c1-6-10-30(11-7-2)13-15-17(25-29-31(15)21-20(23)27-36-28-21)22(32)26-24-12-14-8-9-16(33-3)19(35-5)18(14)34-4/h8-9,12H,6-7,10-11,13H2,1-5H3,(H2,23,27)(H,26,32). The monoisotopic (exact) mass is 501 g/mol. The Hall–Kier alpha value is -4.20. The van der Waals surface area contributed by atoms with Crippen LogP contribution in [0.15, 0.2) is 21.9 Å². The van der Waals surface area contributed by atoms with Gasteiger partial charge >= 0.3 is 0 Å². The van der Waals surface area contributed by atoms with Gasteiger partial charge in [-0.25, -0.2) is 10.1 Å². The lowest BCUT2D eigenvalue weighted by atomic mass is 10.2. The summed E-state index contributed by atoms with van der Waals surface area (Å²) in [4.78, 5) is 15.3. The number of nitrogens with two attached hydrogens (primary N) is 1. The van der Waals surface area contributed by atoms with Gasteiger partial charge in [0.1, 0.15) is 0 Å². The first-order valence-corrected chi connectivity index (χ1v) is 11.4. The molecular weight excluding hydrogens is 470 g/mol. The largest absolute Gasteiger partial charge is 0.493 e. The van der Waals surface area contributed by atoms with E-state index in [1.165, 1.54) is 32.2 Å². The summed E-state index contributed by atoms with van der Waals surface area (Å²) in [5.41, 5.74) is 9.48. The van der Waals surface area contributed by atoms with Crippen molar-refractivity contribution < 1.29 is 23.6 Å². The Morgan fingerprint density at radius 2 is 1.86 bits per heavy atom. The third kappa shape index (κ3) is 5.71. The lowest BCUT2D eigenvalue weighted by Gasteiger charge is -2.21. The predicted octanol–water partition coefficient (Wildman–Crippen LogP) is 1.64. The molecule has 0 spiro atoms. The summed E-state index contributed by atoms with van der Waals surface area (Å²) < 4.78 is 22.2. The van der Waals surface area contributed by atoms with Crippen LogP contribution in [-0.2, 0) is 6.54 Å². The lowest BCUT2D eigenvalue weighted by Crippen LogP contribution is -2.28. The fraction of sp³-hybridized carbons (Fsp3) is 0.455. The van der Waals surface area contributed by atoms with Crippen LogP contribution in [0.4, 0.5) is 5.82 Å². The maximum absolute atomic E-state index is 13.1. The number of carbonyl (C=O) groups is 1. The van der Waals surface area contributed by atoms with Crippen molar-refractivity contribution in [1.29, 1.82) is 0 Å². The van der Waals surface area contributed by atoms with Crippen molar-refractivity contribution >= 4 is 17.9 Å². The van der Waals surface area contributed by atoms with Crippen LogP contribution in [0, 0.1) is 0 Å². The molecule has 0 saturated carbocycles. The number of nitrogens with one attached hydrogen (secondary N) is 1. The fourth-order valence-electron chi connectivity index (χ4n) is 3.68. The number of aromatic nitrogens is 5. The van der Waals surface area contributed by atoms with Gasteiger partial charge in [-0.05, 0) is 48.4 Å². The molecule has 0 saturated heterocycles. The molecule has 0 aliphatic rings. The van der Waals surface area contributed by atoms with Gasteiger partial charge in [0.2, 0.25) is 17.4 Å². The molecule has 194 valence electrons. The maximum Gasteiger partial charge on any atom is 0.293 e. The zero-order valence-electron chi connectivity index (χ0n) is 21.0. The normalized spacial score (nSPS) is 11.3. The Balaban J connectivity index is 1.89. The third-order valence-electron chi connectivity index (χ3n) is 5.23. The van der Waals surface area contributed by atoms with Gasteiger partial charge in [-0.1, -0.05) is 19.1 Å². The fourth-order valence-corrected chi connectivity index (χ4v) is 3.68. The number of anilines is 1. The van der Waals surface area contributed by atoms with E-state index < -0.39 is 5.91 Å². The molecule has 2 aromatic heterocycles. The van der Waals surface area contributed by atoms with Crippen LogP contribution < -0.4 is 25.4 Å². The SMILES string of the molecule is CCCN(CCC)Cc1c(C(=O)NN=Cc2ccc(OC)c(OC)c2OC)nnn1-c1nonc1N. The van der Waals surface area contributed by atoms with Gasteiger partial charge in [0.05, 0.1) is 33.2 Å². The summed E-state index contributed by atoms with van der Waals surface area (Å²) in [5.74, 6) is 0.945. The summed E-state index contributed by atoms with van der Waals surface area (Å²) >= 11 is 0. The molecule has 0 aliphatic carbocycles. The van der Waals surface area contributed by atoms with Crippen LogP contribution in [0.25, 0.3) is 5.82 Å². The Bertz CT molecular complexity index is 1180. The van der Waals surface area contributed by atoms with E-state index in [9.17, 15) is 4.79 Å². The molecule has 0 bridgehead atoms. The number of benzene rings is 1. The van der Waals surface area contributed by atoms with Gasteiger partial charge in [0.25, 0.3) is 5.91 Å². The van der Waals surface area contributed by atoms with Gasteiger partial charge < -0.3 is 19.9 Å². The number of hydrogen-bond acceptors (Lipinski definition) is 12. The summed E-state index contributed by atoms with van der Waals surface area (Å²) in [6, 6.07) is 3.44. The number of hydrazone groups is 1.